The van der Waals surface area contributed by atoms with E-state index in [1.165, 1.54) is 0 Å². The Balaban J connectivity index is 3.27. The number of halogens is 2. The molecule has 0 bridgehead atoms. The van der Waals surface area contributed by atoms with Crippen LogP contribution in [-0.2, 0) is 16.5 Å². The predicted molar refractivity (Wildman–Crippen MR) is 62.8 cm³/mol. The van der Waals surface area contributed by atoms with Gasteiger partial charge in [-0.25, -0.2) is 0 Å². The Morgan fingerprint density at radius 3 is 2.67 bits per heavy atom. The third-order valence-corrected chi connectivity index (χ3v) is 3.16. The largest absolute Gasteiger partial charge is 0.481 e. The maximum Gasteiger partial charge on any atom is 0.307 e. The van der Waals surface area contributed by atoms with E-state index in [9.17, 15) is 4.79 Å². The van der Waals surface area contributed by atoms with Crippen LogP contribution in [0, 0.1) is 11.3 Å². The first-order valence-electron chi connectivity index (χ1n) is 4.07. The van der Waals surface area contributed by atoms with Gasteiger partial charge in [-0.15, -0.1) is 0 Å². The molecule has 0 aromatic heterocycles. The first-order chi connectivity index (χ1) is 7.08. The lowest BCUT2D eigenvalue weighted by molar-refractivity contribution is -0.136. The Morgan fingerprint density at radius 1 is 1.53 bits per heavy atom. The number of aliphatic carboxylic acids is 1. The van der Waals surface area contributed by atoms with E-state index in [-0.39, 0.29) is 6.42 Å². The maximum atomic E-state index is 10.6. The Hall–Kier alpha value is -0.860. The number of benzene rings is 1. The van der Waals surface area contributed by atoms with Gasteiger partial charge in [-0.1, -0.05) is 31.9 Å². The minimum atomic E-state index is -0.904. The van der Waals surface area contributed by atoms with Gasteiger partial charge in [0, 0.05) is 9.80 Å². The molecular formula is C10H7Br2NO2. The molecule has 0 heterocycles. The molecule has 0 aliphatic carbocycles. The third kappa shape index (κ3) is 3.05. The van der Waals surface area contributed by atoms with Crippen LogP contribution in [0.5, 0.6) is 0 Å². The topological polar surface area (TPSA) is 61.1 Å². The second kappa shape index (κ2) is 5.29. The van der Waals surface area contributed by atoms with E-state index in [0.29, 0.717) is 16.5 Å². The molecule has 3 nitrogen and oxygen atoms in total. The smallest absolute Gasteiger partial charge is 0.307 e. The van der Waals surface area contributed by atoms with E-state index < -0.39 is 5.97 Å². The SMILES string of the molecule is N#Cc1cc(Br)c(CBr)c(CC(=O)O)c1. The van der Waals surface area contributed by atoms with E-state index in [4.69, 9.17) is 10.4 Å². The van der Waals surface area contributed by atoms with E-state index in [1.807, 2.05) is 6.07 Å². The van der Waals surface area contributed by atoms with Crippen molar-refractivity contribution in [1.82, 2.24) is 0 Å². The summed E-state index contributed by atoms with van der Waals surface area (Å²) < 4.78 is 0.759. The van der Waals surface area contributed by atoms with Crippen molar-refractivity contribution in [2.75, 3.05) is 0 Å². The highest BCUT2D eigenvalue weighted by Crippen LogP contribution is 2.25. The van der Waals surface area contributed by atoms with Crippen molar-refractivity contribution in [3.05, 3.63) is 33.3 Å². The van der Waals surface area contributed by atoms with Crippen LogP contribution in [0.25, 0.3) is 0 Å². The van der Waals surface area contributed by atoms with Crippen LogP contribution in [0.15, 0.2) is 16.6 Å². The van der Waals surface area contributed by atoms with Crippen LogP contribution in [-0.4, -0.2) is 11.1 Å². The first-order valence-corrected chi connectivity index (χ1v) is 5.99. The van der Waals surface area contributed by atoms with Crippen LogP contribution in [0.1, 0.15) is 16.7 Å². The molecule has 0 atom stereocenters. The summed E-state index contributed by atoms with van der Waals surface area (Å²) in [5, 5.41) is 18.0. The summed E-state index contributed by atoms with van der Waals surface area (Å²) in [6.45, 7) is 0. The maximum absolute atomic E-state index is 10.6. The zero-order chi connectivity index (χ0) is 11.4. The minimum absolute atomic E-state index is 0.0744. The molecule has 1 aromatic rings. The van der Waals surface area contributed by atoms with Crippen molar-refractivity contribution in [3.8, 4) is 6.07 Å². The molecule has 0 saturated heterocycles. The second-order valence-electron chi connectivity index (χ2n) is 2.91. The van der Waals surface area contributed by atoms with Crippen molar-refractivity contribution in [3.63, 3.8) is 0 Å². The van der Waals surface area contributed by atoms with Gasteiger partial charge >= 0.3 is 5.97 Å². The monoisotopic (exact) mass is 331 g/mol. The van der Waals surface area contributed by atoms with E-state index >= 15 is 0 Å². The summed E-state index contributed by atoms with van der Waals surface area (Å²) in [6.07, 6.45) is -0.0744. The molecule has 1 rings (SSSR count). The van der Waals surface area contributed by atoms with Gasteiger partial charge in [0.1, 0.15) is 0 Å². The first kappa shape index (κ1) is 12.2. The highest BCUT2D eigenvalue weighted by atomic mass is 79.9. The lowest BCUT2D eigenvalue weighted by Crippen LogP contribution is -2.04. The normalized spacial score (nSPS) is 9.67. The van der Waals surface area contributed by atoms with Crippen molar-refractivity contribution in [2.45, 2.75) is 11.8 Å². The van der Waals surface area contributed by atoms with Gasteiger partial charge in [-0.2, -0.15) is 5.26 Å². The molecule has 1 N–H and O–H groups in total. The Labute approximate surface area is 104 Å². The highest BCUT2D eigenvalue weighted by Gasteiger charge is 2.11. The number of nitriles is 1. The van der Waals surface area contributed by atoms with Crippen LogP contribution < -0.4 is 0 Å². The van der Waals surface area contributed by atoms with Gasteiger partial charge in [-0.3, -0.25) is 4.79 Å². The molecule has 0 aliphatic rings. The number of rotatable bonds is 3. The van der Waals surface area contributed by atoms with Gasteiger partial charge < -0.3 is 5.11 Å². The molecule has 0 fully saturated rings. The Kier molecular flexibility index (Phi) is 4.30. The van der Waals surface area contributed by atoms with Crippen LogP contribution in [0.3, 0.4) is 0 Å². The summed E-state index contributed by atoms with van der Waals surface area (Å²) >= 11 is 6.60. The fraction of sp³-hybridized carbons (Fsp3) is 0.200. The van der Waals surface area contributed by atoms with Gasteiger partial charge in [0.2, 0.25) is 0 Å². The van der Waals surface area contributed by atoms with Crippen LogP contribution in [0.4, 0.5) is 0 Å². The zero-order valence-electron chi connectivity index (χ0n) is 7.63. The third-order valence-electron chi connectivity index (χ3n) is 1.89. The Morgan fingerprint density at radius 2 is 2.20 bits per heavy atom. The lowest BCUT2D eigenvalue weighted by atomic mass is 10.0. The van der Waals surface area contributed by atoms with Crippen LogP contribution >= 0.6 is 31.9 Å². The molecule has 0 amide bonds. The molecule has 0 spiro atoms. The van der Waals surface area contributed by atoms with Crippen LogP contribution in [0.2, 0.25) is 0 Å². The van der Waals surface area contributed by atoms with E-state index in [2.05, 4.69) is 31.9 Å². The van der Waals surface area contributed by atoms with Crippen molar-refractivity contribution in [2.24, 2.45) is 0 Å². The van der Waals surface area contributed by atoms with Gasteiger partial charge in [-0.05, 0) is 23.3 Å². The minimum Gasteiger partial charge on any atom is -0.481 e. The number of carbonyl (C=O) groups is 1. The fourth-order valence-corrected chi connectivity index (χ4v) is 2.91. The quantitative estimate of drug-likeness (QED) is 0.866. The molecule has 0 saturated carbocycles. The number of carboxylic acid groups (broad SMARTS) is 1. The predicted octanol–water partition coefficient (Wildman–Crippen LogP) is 2.84. The average molecular weight is 333 g/mol. The second-order valence-corrected chi connectivity index (χ2v) is 4.33. The Bertz CT molecular complexity index is 438. The van der Waals surface area contributed by atoms with Crippen molar-refractivity contribution < 1.29 is 9.90 Å². The molecule has 1 aromatic carbocycles. The summed E-state index contributed by atoms with van der Waals surface area (Å²) in [5.74, 6) is -0.904. The fourth-order valence-electron chi connectivity index (χ4n) is 1.23. The van der Waals surface area contributed by atoms with Gasteiger partial charge in [0.15, 0.2) is 0 Å². The molecule has 5 heteroatoms. The number of carboxylic acids is 1. The molecule has 0 radical (unpaired) electrons. The zero-order valence-corrected chi connectivity index (χ0v) is 10.8. The average Bonchev–Trinajstić information content (AvgIpc) is 2.16. The standard InChI is InChI=1S/C10H7Br2NO2/c11-4-8-7(3-10(14)15)1-6(5-13)2-9(8)12/h1-2H,3-4H2,(H,14,15). The molecule has 78 valence electrons. The lowest BCUT2D eigenvalue weighted by Gasteiger charge is -2.08. The summed E-state index contributed by atoms with van der Waals surface area (Å²) in [5.41, 5.74) is 1.99. The molecule has 0 unspecified atom stereocenters. The highest BCUT2D eigenvalue weighted by molar-refractivity contribution is 9.10. The number of alkyl halides is 1. The molecular weight excluding hydrogens is 326 g/mol. The summed E-state index contributed by atoms with van der Waals surface area (Å²) in [6, 6.07) is 5.28. The molecule has 0 aliphatic heterocycles. The number of nitrogens with zero attached hydrogens (tertiary/aromatic N) is 1. The summed E-state index contributed by atoms with van der Waals surface area (Å²) in [7, 11) is 0. The summed E-state index contributed by atoms with van der Waals surface area (Å²) in [4.78, 5) is 10.6. The van der Waals surface area contributed by atoms with E-state index in [0.717, 1.165) is 10.0 Å². The van der Waals surface area contributed by atoms with Gasteiger partial charge in [0.05, 0.1) is 18.1 Å². The number of hydrogen-bond acceptors (Lipinski definition) is 2. The van der Waals surface area contributed by atoms with Crippen molar-refractivity contribution in [1.29, 1.82) is 5.26 Å². The van der Waals surface area contributed by atoms with Gasteiger partial charge in [0.25, 0.3) is 0 Å². The molecule has 15 heavy (non-hydrogen) atoms. The number of hydrogen-bond donors (Lipinski definition) is 1. The van der Waals surface area contributed by atoms with E-state index in [1.54, 1.807) is 12.1 Å². The van der Waals surface area contributed by atoms with Crippen molar-refractivity contribution >= 4 is 37.8 Å².